The van der Waals surface area contributed by atoms with Crippen molar-refractivity contribution in [2.45, 2.75) is 16.7 Å². The summed E-state index contributed by atoms with van der Waals surface area (Å²) in [6.07, 6.45) is -0.0974. The van der Waals surface area contributed by atoms with E-state index in [1.165, 1.54) is 11.8 Å². The summed E-state index contributed by atoms with van der Waals surface area (Å²) in [5.41, 5.74) is 5.70. The normalized spacial score (nSPS) is 11.9. The summed E-state index contributed by atoms with van der Waals surface area (Å²) in [6.45, 7) is 0. The lowest BCUT2D eigenvalue weighted by Crippen LogP contribution is -2.19. The van der Waals surface area contributed by atoms with E-state index in [1.54, 1.807) is 32.4 Å². The Kier molecular flexibility index (Phi) is 5.11. The Bertz CT molecular complexity index is 397. The summed E-state index contributed by atoms with van der Waals surface area (Å²) < 4.78 is 10.3. The molecular formula is C11H15NO4S. The van der Waals surface area contributed by atoms with Crippen molar-refractivity contribution in [2.75, 3.05) is 14.2 Å². The third-order valence-corrected chi connectivity index (χ3v) is 3.09. The fourth-order valence-electron chi connectivity index (χ4n) is 1.25. The molecule has 0 amide bonds. The molecule has 0 radical (unpaired) electrons. The topological polar surface area (TPSA) is 81.8 Å². The summed E-state index contributed by atoms with van der Waals surface area (Å²) in [5.74, 6) is 0.380. The van der Waals surface area contributed by atoms with Crippen LogP contribution in [0.4, 0.5) is 0 Å². The Morgan fingerprint density at radius 2 is 2.18 bits per heavy atom. The second-order valence-corrected chi connectivity index (χ2v) is 4.55. The molecule has 1 aromatic carbocycles. The predicted molar refractivity (Wildman–Crippen MR) is 65.6 cm³/mol. The molecule has 94 valence electrons. The Morgan fingerprint density at radius 1 is 1.47 bits per heavy atom. The van der Waals surface area contributed by atoms with Gasteiger partial charge in [0.1, 0.15) is 11.5 Å². The minimum absolute atomic E-state index is 0.0974. The molecule has 5 nitrogen and oxygen atoms in total. The van der Waals surface area contributed by atoms with Crippen LogP contribution in [0.3, 0.4) is 0 Å². The molecule has 0 heterocycles. The van der Waals surface area contributed by atoms with Gasteiger partial charge in [-0.2, -0.15) is 0 Å². The maximum absolute atomic E-state index is 10.5. The van der Waals surface area contributed by atoms with E-state index in [0.717, 1.165) is 4.90 Å². The largest absolute Gasteiger partial charge is 0.497 e. The predicted octanol–water partition coefficient (Wildman–Crippen LogP) is 1.56. The first-order valence-corrected chi connectivity index (χ1v) is 5.81. The first-order valence-electron chi connectivity index (χ1n) is 4.93. The van der Waals surface area contributed by atoms with Gasteiger partial charge in [-0.1, -0.05) is 0 Å². The van der Waals surface area contributed by atoms with Gasteiger partial charge in [0.15, 0.2) is 0 Å². The fourth-order valence-corrected chi connectivity index (χ4v) is 2.21. The van der Waals surface area contributed by atoms with Crippen LogP contribution >= 0.6 is 11.8 Å². The van der Waals surface area contributed by atoms with Crippen molar-refractivity contribution in [1.29, 1.82) is 0 Å². The van der Waals surface area contributed by atoms with Crippen LogP contribution in [0.1, 0.15) is 6.42 Å². The van der Waals surface area contributed by atoms with Gasteiger partial charge >= 0.3 is 5.97 Å². The molecule has 0 aliphatic rings. The zero-order valence-corrected chi connectivity index (χ0v) is 10.5. The van der Waals surface area contributed by atoms with Crippen molar-refractivity contribution in [3.8, 4) is 11.5 Å². The van der Waals surface area contributed by atoms with Crippen LogP contribution < -0.4 is 15.2 Å². The highest BCUT2D eigenvalue weighted by Crippen LogP contribution is 2.34. The summed E-state index contributed by atoms with van der Waals surface area (Å²) >= 11 is 1.26. The number of carboxylic acid groups (broad SMARTS) is 1. The highest BCUT2D eigenvalue weighted by atomic mass is 32.2. The standard InChI is InChI=1S/C11H15NO4S/c1-15-7-3-4-9(8(5-7)16-2)17-10(12)6-11(13)14/h3-5,10H,6,12H2,1-2H3,(H,13,14). The van der Waals surface area contributed by atoms with Crippen LogP contribution in [0.15, 0.2) is 23.1 Å². The lowest BCUT2D eigenvalue weighted by molar-refractivity contribution is -0.136. The highest BCUT2D eigenvalue weighted by molar-refractivity contribution is 8.00. The van der Waals surface area contributed by atoms with Crippen LogP contribution in [-0.4, -0.2) is 30.7 Å². The maximum Gasteiger partial charge on any atom is 0.305 e. The molecule has 6 heteroatoms. The zero-order valence-electron chi connectivity index (χ0n) is 9.67. The maximum atomic E-state index is 10.5. The van der Waals surface area contributed by atoms with E-state index in [4.69, 9.17) is 20.3 Å². The van der Waals surface area contributed by atoms with Gasteiger partial charge in [0.05, 0.1) is 30.9 Å². The van der Waals surface area contributed by atoms with Gasteiger partial charge in [0.2, 0.25) is 0 Å². The second kappa shape index (κ2) is 6.36. The van der Waals surface area contributed by atoms with E-state index < -0.39 is 11.3 Å². The van der Waals surface area contributed by atoms with Gasteiger partial charge in [-0.25, -0.2) is 0 Å². The molecule has 0 aliphatic carbocycles. The number of carbonyl (C=O) groups is 1. The lowest BCUT2D eigenvalue weighted by Gasteiger charge is -2.13. The van der Waals surface area contributed by atoms with Gasteiger partial charge < -0.3 is 20.3 Å². The Balaban J connectivity index is 2.79. The Labute approximate surface area is 104 Å². The van der Waals surface area contributed by atoms with Crippen LogP contribution in [0.2, 0.25) is 0 Å². The Hall–Kier alpha value is -1.40. The monoisotopic (exact) mass is 257 g/mol. The number of nitrogens with two attached hydrogens (primary N) is 1. The van der Waals surface area contributed by atoms with Crippen molar-refractivity contribution < 1.29 is 19.4 Å². The quantitative estimate of drug-likeness (QED) is 0.594. The summed E-state index contributed by atoms with van der Waals surface area (Å²) in [6, 6.07) is 5.30. The SMILES string of the molecule is COc1ccc(SC(N)CC(=O)O)c(OC)c1. The third kappa shape index (κ3) is 4.16. The van der Waals surface area contributed by atoms with E-state index in [2.05, 4.69) is 0 Å². The molecule has 3 N–H and O–H groups in total. The van der Waals surface area contributed by atoms with E-state index >= 15 is 0 Å². The van der Waals surface area contributed by atoms with Crippen LogP contribution in [0.5, 0.6) is 11.5 Å². The molecule has 0 saturated carbocycles. The van der Waals surface area contributed by atoms with Gasteiger partial charge in [0, 0.05) is 6.07 Å². The first-order chi connectivity index (χ1) is 8.06. The number of benzene rings is 1. The van der Waals surface area contributed by atoms with E-state index in [-0.39, 0.29) is 6.42 Å². The average molecular weight is 257 g/mol. The molecule has 0 saturated heterocycles. The van der Waals surface area contributed by atoms with Gasteiger partial charge in [0.25, 0.3) is 0 Å². The number of rotatable bonds is 6. The molecule has 0 aliphatic heterocycles. The molecular weight excluding hydrogens is 242 g/mol. The number of aliphatic carboxylic acids is 1. The van der Waals surface area contributed by atoms with E-state index in [9.17, 15) is 4.79 Å². The van der Waals surface area contributed by atoms with E-state index in [1.807, 2.05) is 0 Å². The molecule has 0 fully saturated rings. The number of hydrogen-bond donors (Lipinski definition) is 2. The van der Waals surface area contributed by atoms with Gasteiger partial charge in [-0.05, 0) is 12.1 Å². The minimum Gasteiger partial charge on any atom is -0.497 e. The lowest BCUT2D eigenvalue weighted by atomic mass is 10.3. The molecule has 0 spiro atoms. The number of thioether (sulfide) groups is 1. The van der Waals surface area contributed by atoms with Crippen LogP contribution in [0, 0.1) is 0 Å². The fraction of sp³-hybridized carbons (Fsp3) is 0.364. The molecule has 1 aromatic rings. The number of ether oxygens (including phenoxy) is 2. The molecule has 1 atom stereocenters. The number of carboxylic acids is 1. The van der Waals surface area contributed by atoms with Crippen LogP contribution in [-0.2, 0) is 4.79 Å². The third-order valence-electron chi connectivity index (χ3n) is 2.02. The highest BCUT2D eigenvalue weighted by Gasteiger charge is 2.13. The van der Waals surface area contributed by atoms with Crippen molar-refractivity contribution >= 4 is 17.7 Å². The molecule has 17 heavy (non-hydrogen) atoms. The van der Waals surface area contributed by atoms with Gasteiger partial charge in [-0.3, -0.25) is 4.79 Å². The minimum atomic E-state index is -0.919. The molecule has 1 unspecified atom stereocenters. The molecule has 0 bridgehead atoms. The smallest absolute Gasteiger partial charge is 0.305 e. The molecule has 0 aromatic heterocycles. The average Bonchev–Trinajstić information content (AvgIpc) is 2.28. The van der Waals surface area contributed by atoms with E-state index in [0.29, 0.717) is 11.5 Å². The van der Waals surface area contributed by atoms with Crippen molar-refractivity contribution in [2.24, 2.45) is 5.73 Å². The summed E-state index contributed by atoms with van der Waals surface area (Å²) in [4.78, 5) is 11.3. The second-order valence-electron chi connectivity index (χ2n) is 3.27. The number of hydrogen-bond acceptors (Lipinski definition) is 5. The van der Waals surface area contributed by atoms with Crippen LogP contribution in [0.25, 0.3) is 0 Å². The zero-order chi connectivity index (χ0) is 12.8. The summed E-state index contributed by atoms with van der Waals surface area (Å²) in [7, 11) is 3.11. The number of methoxy groups -OCH3 is 2. The van der Waals surface area contributed by atoms with Gasteiger partial charge in [-0.15, -0.1) is 11.8 Å². The molecule has 1 rings (SSSR count). The van der Waals surface area contributed by atoms with Crippen molar-refractivity contribution in [1.82, 2.24) is 0 Å². The Morgan fingerprint density at radius 3 is 2.71 bits per heavy atom. The van der Waals surface area contributed by atoms with Crippen molar-refractivity contribution in [3.05, 3.63) is 18.2 Å². The summed E-state index contributed by atoms with van der Waals surface area (Å²) in [5, 5.41) is 8.12. The first kappa shape index (κ1) is 13.7. The van der Waals surface area contributed by atoms with Crippen molar-refractivity contribution in [3.63, 3.8) is 0 Å².